The van der Waals surface area contributed by atoms with Crippen molar-refractivity contribution in [3.05, 3.63) is 63.6 Å². The SMILES string of the molecule is Cc1oc(-c2cccs2)nc1CC(=O)N(Cc1c(F)cccc1Cl)C1CC1. The minimum Gasteiger partial charge on any atom is -0.440 e. The van der Waals surface area contributed by atoms with Crippen molar-refractivity contribution >= 4 is 28.8 Å². The highest BCUT2D eigenvalue weighted by Gasteiger charge is 2.34. The quantitative estimate of drug-likeness (QED) is 0.564. The number of rotatable bonds is 6. The minimum absolute atomic E-state index is 0.0917. The molecule has 2 aromatic heterocycles. The van der Waals surface area contributed by atoms with Crippen LogP contribution in [0.2, 0.25) is 5.02 Å². The number of hydrogen-bond acceptors (Lipinski definition) is 4. The third-order valence-electron chi connectivity index (χ3n) is 4.64. The first kappa shape index (κ1) is 18.2. The molecule has 27 heavy (non-hydrogen) atoms. The van der Waals surface area contributed by atoms with Crippen LogP contribution < -0.4 is 0 Å². The van der Waals surface area contributed by atoms with E-state index in [4.69, 9.17) is 16.0 Å². The summed E-state index contributed by atoms with van der Waals surface area (Å²) in [6, 6.07) is 8.57. The van der Waals surface area contributed by atoms with E-state index < -0.39 is 5.82 Å². The van der Waals surface area contributed by atoms with Gasteiger partial charge in [-0.2, -0.15) is 0 Å². The zero-order valence-corrected chi connectivity index (χ0v) is 16.3. The van der Waals surface area contributed by atoms with Crippen molar-refractivity contribution in [3.8, 4) is 10.8 Å². The summed E-state index contributed by atoms with van der Waals surface area (Å²) < 4.78 is 19.9. The summed E-state index contributed by atoms with van der Waals surface area (Å²) in [6.07, 6.45) is 1.98. The number of benzene rings is 1. The number of carbonyl (C=O) groups is 1. The Hall–Kier alpha value is -2.18. The molecule has 1 fully saturated rings. The molecule has 1 aliphatic rings. The maximum Gasteiger partial charge on any atom is 0.236 e. The molecule has 4 nitrogen and oxygen atoms in total. The average Bonchev–Trinajstić information content (AvgIpc) is 3.18. The lowest BCUT2D eigenvalue weighted by Crippen LogP contribution is -2.34. The topological polar surface area (TPSA) is 46.3 Å². The number of oxazole rings is 1. The molecule has 0 spiro atoms. The molecule has 0 atom stereocenters. The van der Waals surface area contributed by atoms with Gasteiger partial charge in [0.05, 0.1) is 23.5 Å². The van der Waals surface area contributed by atoms with Gasteiger partial charge in [0.2, 0.25) is 11.8 Å². The summed E-state index contributed by atoms with van der Waals surface area (Å²) in [5, 5.41) is 2.29. The van der Waals surface area contributed by atoms with Gasteiger partial charge >= 0.3 is 0 Å². The highest BCUT2D eigenvalue weighted by molar-refractivity contribution is 7.13. The number of aryl methyl sites for hydroxylation is 1. The number of nitrogens with zero attached hydrogens (tertiary/aromatic N) is 2. The summed E-state index contributed by atoms with van der Waals surface area (Å²) >= 11 is 7.68. The van der Waals surface area contributed by atoms with E-state index in [0.717, 1.165) is 17.7 Å². The van der Waals surface area contributed by atoms with Crippen LogP contribution in [0.4, 0.5) is 4.39 Å². The molecule has 2 heterocycles. The van der Waals surface area contributed by atoms with E-state index >= 15 is 0 Å². The fourth-order valence-corrected chi connectivity index (χ4v) is 3.88. The molecule has 140 valence electrons. The van der Waals surface area contributed by atoms with Gasteiger partial charge in [0.1, 0.15) is 11.6 Å². The Morgan fingerprint density at radius 2 is 2.19 bits per heavy atom. The Balaban J connectivity index is 1.54. The Kier molecular flexibility index (Phi) is 5.02. The molecular weight excluding hydrogens is 387 g/mol. The van der Waals surface area contributed by atoms with E-state index in [1.807, 2.05) is 24.4 Å². The monoisotopic (exact) mass is 404 g/mol. The molecule has 1 aromatic carbocycles. The molecule has 7 heteroatoms. The third kappa shape index (κ3) is 3.92. The summed E-state index contributed by atoms with van der Waals surface area (Å²) in [5.41, 5.74) is 0.976. The number of hydrogen-bond donors (Lipinski definition) is 0. The second-order valence-electron chi connectivity index (χ2n) is 6.63. The summed E-state index contributed by atoms with van der Waals surface area (Å²) in [6.45, 7) is 1.98. The minimum atomic E-state index is -0.390. The molecule has 3 aromatic rings. The van der Waals surface area contributed by atoms with Crippen molar-refractivity contribution in [1.29, 1.82) is 0 Å². The predicted octanol–water partition coefficient (Wildman–Crippen LogP) is 5.24. The summed E-state index contributed by atoms with van der Waals surface area (Å²) in [4.78, 5) is 20.1. The summed E-state index contributed by atoms with van der Waals surface area (Å²) in [5.74, 6) is 0.677. The molecule has 0 unspecified atom stereocenters. The number of carbonyl (C=O) groups excluding carboxylic acids is 1. The van der Waals surface area contributed by atoms with Gasteiger partial charge in [-0.1, -0.05) is 23.7 Å². The number of aromatic nitrogens is 1. The first-order valence-electron chi connectivity index (χ1n) is 8.75. The molecule has 0 bridgehead atoms. The highest BCUT2D eigenvalue weighted by atomic mass is 35.5. The average molecular weight is 405 g/mol. The van der Waals surface area contributed by atoms with Crippen molar-refractivity contribution in [3.63, 3.8) is 0 Å². The zero-order valence-electron chi connectivity index (χ0n) is 14.7. The molecular formula is C20H18ClFN2O2S. The largest absolute Gasteiger partial charge is 0.440 e. The van der Waals surface area contributed by atoms with Crippen molar-refractivity contribution in [2.75, 3.05) is 0 Å². The third-order valence-corrected chi connectivity index (χ3v) is 5.85. The van der Waals surface area contributed by atoms with E-state index in [0.29, 0.717) is 27.9 Å². The van der Waals surface area contributed by atoms with Gasteiger partial charge in [0.25, 0.3) is 0 Å². The first-order chi connectivity index (χ1) is 13.0. The van der Waals surface area contributed by atoms with Crippen LogP contribution in [0.25, 0.3) is 10.8 Å². The Bertz CT molecular complexity index is 946. The molecule has 0 saturated heterocycles. The highest BCUT2D eigenvalue weighted by Crippen LogP contribution is 2.32. The number of halogens is 2. The van der Waals surface area contributed by atoms with Crippen LogP contribution in [0.15, 0.2) is 40.1 Å². The zero-order chi connectivity index (χ0) is 19.0. The summed E-state index contributed by atoms with van der Waals surface area (Å²) in [7, 11) is 0. The van der Waals surface area contributed by atoms with Crippen LogP contribution in [0.1, 0.15) is 29.9 Å². The van der Waals surface area contributed by atoms with Gasteiger partial charge < -0.3 is 9.32 Å². The molecule has 4 rings (SSSR count). The second kappa shape index (κ2) is 7.44. The van der Waals surface area contributed by atoms with E-state index in [-0.39, 0.29) is 24.9 Å². The molecule has 1 amide bonds. The lowest BCUT2D eigenvalue weighted by atomic mass is 10.1. The second-order valence-corrected chi connectivity index (χ2v) is 7.98. The molecule has 0 radical (unpaired) electrons. The van der Waals surface area contributed by atoms with Crippen LogP contribution in [-0.4, -0.2) is 21.8 Å². The first-order valence-corrected chi connectivity index (χ1v) is 10.0. The van der Waals surface area contributed by atoms with Gasteiger partial charge in [0.15, 0.2) is 0 Å². The van der Waals surface area contributed by atoms with Gasteiger partial charge in [0, 0.05) is 16.6 Å². The van der Waals surface area contributed by atoms with Crippen molar-refractivity contribution in [1.82, 2.24) is 9.88 Å². The smallest absolute Gasteiger partial charge is 0.236 e. The van der Waals surface area contributed by atoms with Crippen LogP contribution in [-0.2, 0) is 17.8 Å². The van der Waals surface area contributed by atoms with E-state index in [2.05, 4.69) is 4.98 Å². The van der Waals surface area contributed by atoms with Crippen molar-refractivity contribution in [2.24, 2.45) is 0 Å². The fourth-order valence-electron chi connectivity index (χ4n) is 3.00. The van der Waals surface area contributed by atoms with Crippen LogP contribution >= 0.6 is 22.9 Å². The Labute approximate surface area is 165 Å². The fraction of sp³-hybridized carbons (Fsp3) is 0.300. The van der Waals surface area contributed by atoms with E-state index in [1.165, 1.54) is 17.4 Å². The molecule has 1 saturated carbocycles. The van der Waals surface area contributed by atoms with Crippen molar-refractivity contribution in [2.45, 2.75) is 38.8 Å². The predicted molar refractivity (Wildman–Crippen MR) is 103 cm³/mol. The Morgan fingerprint density at radius 3 is 2.85 bits per heavy atom. The number of thiophene rings is 1. The Morgan fingerprint density at radius 1 is 1.37 bits per heavy atom. The van der Waals surface area contributed by atoms with Gasteiger partial charge in [-0.25, -0.2) is 9.37 Å². The van der Waals surface area contributed by atoms with Crippen molar-refractivity contribution < 1.29 is 13.6 Å². The lowest BCUT2D eigenvalue weighted by Gasteiger charge is -2.23. The molecule has 0 N–H and O–H groups in total. The van der Waals surface area contributed by atoms with Crippen LogP contribution in [0, 0.1) is 12.7 Å². The van der Waals surface area contributed by atoms with E-state index in [9.17, 15) is 9.18 Å². The maximum atomic E-state index is 14.2. The number of amides is 1. The van der Waals surface area contributed by atoms with Gasteiger partial charge in [-0.05, 0) is 43.3 Å². The lowest BCUT2D eigenvalue weighted by molar-refractivity contribution is -0.131. The van der Waals surface area contributed by atoms with Gasteiger partial charge in [-0.3, -0.25) is 4.79 Å². The maximum absolute atomic E-state index is 14.2. The normalized spacial score (nSPS) is 13.7. The molecule has 0 aliphatic heterocycles. The van der Waals surface area contributed by atoms with Crippen LogP contribution in [0.3, 0.4) is 0 Å². The van der Waals surface area contributed by atoms with Gasteiger partial charge in [-0.15, -0.1) is 11.3 Å². The standard InChI is InChI=1S/C20H18ClFN2O2S/c1-12-17(23-20(26-12)18-6-3-9-27-18)10-19(25)24(13-7-8-13)11-14-15(21)4-2-5-16(14)22/h2-6,9,13H,7-8,10-11H2,1H3. The molecule has 1 aliphatic carbocycles. The van der Waals surface area contributed by atoms with Crippen LogP contribution in [0.5, 0.6) is 0 Å². The van der Waals surface area contributed by atoms with E-state index in [1.54, 1.807) is 17.0 Å².